The van der Waals surface area contributed by atoms with Gasteiger partial charge < -0.3 is 5.11 Å². The number of Topliss-reactive ketones (excluding diaryl/α,β-unsaturated/α-hetero) is 2. The van der Waals surface area contributed by atoms with Crippen molar-refractivity contribution in [2.75, 3.05) is 0 Å². The highest BCUT2D eigenvalue weighted by Crippen LogP contribution is 2.41. The van der Waals surface area contributed by atoms with Gasteiger partial charge in [-0.05, 0) is 43.4 Å². The molecular weight excluding hydrogens is 340 g/mol. The first-order chi connectivity index (χ1) is 11.6. The van der Waals surface area contributed by atoms with Crippen LogP contribution in [0.15, 0.2) is 33.6 Å². The van der Waals surface area contributed by atoms with E-state index in [1.807, 2.05) is 20.8 Å². The van der Waals surface area contributed by atoms with Crippen molar-refractivity contribution in [3.8, 4) is 0 Å². The molecule has 0 aromatic carbocycles. The lowest BCUT2D eigenvalue weighted by atomic mass is 9.71. The third kappa shape index (κ3) is 3.27. The summed E-state index contributed by atoms with van der Waals surface area (Å²) in [6.07, 6.45) is 0.451. The van der Waals surface area contributed by atoms with Crippen LogP contribution < -0.4 is 0 Å². The Hall–Kier alpha value is -1.95. The summed E-state index contributed by atoms with van der Waals surface area (Å²) in [6, 6.07) is 0. The molecule has 5 nitrogen and oxygen atoms in total. The molecule has 0 saturated carbocycles. The molecule has 136 valence electrons. The second-order valence-electron chi connectivity index (χ2n) is 6.79. The zero-order valence-electron chi connectivity index (χ0n) is 15.3. The molecule has 0 radical (unpaired) electrons. The SMILES string of the molecule is CCC(=O)C1=C(O)CC(C2=C(C)C(=S(=O)=O)C(C)C(C)=C2C)CC1=O. The van der Waals surface area contributed by atoms with E-state index in [1.54, 1.807) is 13.8 Å². The standard InChI is InChI=1S/C19H24O5S/c1-6-14(20)18-15(21)7-13(8-16(18)22)17-10(3)9(2)11(4)19(12(17)5)25(23)24/h11,13,21H,6-8H2,1-5H3. The summed E-state index contributed by atoms with van der Waals surface area (Å²) in [5.41, 5.74) is 3.29. The number of hydrogen-bond donors (Lipinski definition) is 1. The van der Waals surface area contributed by atoms with Crippen LogP contribution in [0.2, 0.25) is 0 Å². The zero-order valence-corrected chi connectivity index (χ0v) is 16.1. The van der Waals surface area contributed by atoms with E-state index in [0.717, 1.165) is 16.7 Å². The predicted molar refractivity (Wildman–Crippen MR) is 96.8 cm³/mol. The largest absolute Gasteiger partial charge is 0.511 e. The molecule has 2 unspecified atom stereocenters. The highest BCUT2D eigenvalue weighted by molar-refractivity contribution is 7.73. The minimum Gasteiger partial charge on any atom is -0.511 e. The Balaban J connectivity index is 2.59. The minimum atomic E-state index is -2.35. The molecule has 1 N–H and O–H groups in total. The van der Waals surface area contributed by atoms with Crippen LogP contribution in [0.3, 0.4) is 0 Å². The fourth-order valence-electron chi connectivity index (χ4n) is 3.95. The Morgan fingerprint density at radius 1 is 1.16 bits per heavy atom. The van der Waals surface area contributed by atoms with Gasteiger partial charge in [0.15, 0.2) is 11.6 Å². The van der Waals surface area contributed by atoms with E-state index in [2.05, 4.69) is 0 Å². The van der Waals surface area contributed by atoms with Crippen LogP contribution in [0.5, 0.6) is 0 Å². The highest BCUT2D eigenvalue weighted by Gasteiger charge is 2.37. The van der Waals surface area contributed by atoms with Crippen molar-refractivity contribution in [1.29, 1.82) is 0 Å². The maximum atomic E-state index is 12.4. The Morgan fingerprint density at radius 2 is 1.76 bits per heavy atom. The molecule has 0 aromatic heterocycles. The van der Waals surface area contributed by atoms with Gasteiger partial charge in [-0.15, -0.1) is 0 Å². The molecule has 0 fully saturated rings. The second-order valence-corrected chi connectivity index (χ2v) is 7.70. The van der Waals surface area contributed by atoms with E-state index < -0.39 is 10.3 Å². The number of carbonyl (C=O) groups excluding carboxylic acids is 2. The van der Waals surface area contributed by atoms with Gasteiger partial charge in [-0.25, -0.2) is 0 Å². The molecule has 0 amide bonds. The van der Waals surface area contributed by atoms with Crippen molar-refractivity contribution in [3.05, 3.63) is 33.6 Å². The van der Waals surface area contributed by atoms with E-state index in [4.69, 9.17) is 0 Å². The molecule has 0 bridgehead atoms. The fraction of sp³-hybridized carbons (Fsp3) is 0.526. The molecular formula is C19H24O5S. The maximum absolute atomic E-state index is 12.4. The lowest BCUT2D eigenvalue weighted by Crippen LogP contribution is -2.30. The van der Waals surface area contributed by atoms with Gasteiger partial charge in [0.1, 0.15) is 5.76 Å². The minimum absolute atomic E-state index is 0.0869. The first kappa shape index (κ1) is 19.4. The molecule has 25 heavy (non-hydrogen) atoms. The first-order valence-corrected chi connectivity index (χ1v) is 9.52. The summed E-state index contributed by atoms with van der Waals surface area (Å²) in [5.74, 6) is -1.41. The predicted octanol–water partition coefficient (Wildman–Crippen LogP) is 3.11. The van der Waals surface area contributed by atoms with E-state index in [9.17, 15) is 23.1 Å². The van der Waals surface area contributed by atoms with Crippen LogP contribution in [0, 0.1) is 11.8 Å². The molecule has 2 aliphatic carbocycles. The highest BCUT2D eigenvalue weighted by atomic mass is 32.2. The van der Waals surface area contributed by atoms with Crippen molar-refractivity contribution in [2.24, 2.45) is 11.8 Å². The normalized spacial score (nSPS) is 25.0. The lowest BCUT2D eigenvalue weighted by Gasteiger charge is -2.33. The monoisotopic (exact) mass is 364 g/mol. The van der Waals surface area contributed by atoms with Crippen molar-refractivity contribution in [2.45, 2.75) is 53.9 Å². The van der Waals surface area contributed by atoms with Gasteiger partial charge in [-0.1, -0.05) is 19.4 Å². The van der Waals surface area contributed by atoms with E-state index in [0.29, 0.717) is 10.4 Å². The molecule has 2 rings (SSSR count). The lowest BCUT2D eigenvalue weighted by molar-refractivity contribution is -0.122. The maximum Gasteiger partial charge on any atom is 0.218 e. The van der Waals surface area contributed by atoms with Crippen molar-refractivity contribution in [1.82, 2.24) is 0 Å². The summed E-state index contributed by atoms with van der Waals surface area (Å²) in [7, 11) is -2.35. The Labute approximate surface area is 149 Å². The first-order valence-electron chi connectivity index (χ1n) is 8.45. The number of aliphatic hydroxyl groups is 1. The van der Waals surface area contributed by atoms with Crippen molar-refractivity contribution < 1.29 is 23.1 Å². The van der Waals surface area contributed by atoms with Crippen LogP contribution in [-0.4, -0.2) is 30.0 Å². The smallest absolute Gasteiger partial charge is 0.218 e. The molecule has 2 aliphatic rings. The Kier molecular flexibility index (Phi) is 5.52. The van der Waals surface area contributed by atoms with E-state index in [1.165, 1.54) is 0 Å². The van der Waals surface area contributed by atoms with Crippen molar-refractivity contribution in [3.63, 3.8) is 0 Å². The van der Waals surface area contributed by atoms with Crippen LogP contribution in [0.25, 0.3) is 0 Å². The number of allylic oxidation sites excluding steroid dienone is 6. The van der Waals surface area contributed by atoms with Gasteiger partial charge >= 0.3 is 0 Å². The fourth-order valence-corrected chi connectivity index (χ4v) is 4.77. The van der Waals surface area contributed by atoms with Crippen LogP contribution in [0.4, 0.5) is 0 Å². The van der Waals surface area contributed by atoms with Crippen LogP contribution in [-0.2, 0) is 19.9 Å². The number of carbonyl (C=O) groups is 2. The quantitative estimate of drug-likeness (QED) is 0.614. The van der Waals surface area contributed by atoms with Crippen LogP contribution >= 0.6 is 0 Å². The Morgan fingerprint density at radius 3 is 2.24 bits per heavy atom. The van der Waals surface area contributed by atoms with E-state index >= 15 is 0 Å². The third-order valence-electron chi connectivity index (χ3n) is 5.44. The van der Waals surface area contributed by atoms with Gasteiger partial charge in [-0.2, -0.15) is 8.42 Å². The zero-order chi connectivity index (χ0) is 19.0. The number of aliphatic hydroxyl groups excluding tert-OH is 1. The summed E-state index contributed by atoms with van der Waals surface area (Å²) >= 11 is 0. The van der Waals surface area contributed by atoms with Gasteiger partial charge in [-0.3, -0.25) is 9.59 Å². The summed E-state index contributed by atoms with van der Waals surface area (Å²) in [4.78, 5) is 24.7. The molecule has 6 heteroatoms. The molecule has 0 spiro atoms. The molecule has 0 aliphatic heterocycles. The summed E-state index contributed by atoms with van der Waals surface area (Å²) in [5, 5.41) is 10.3. The summed E-state index contributed by atoms with van der Waals surface area (Å²) < 4.78 is 23.4. The van der Waals surface area contributed by atoms with Gasteiger partial charge in [0.2, 0.25) is 10.3 Å². The molecule has 2 atom stereocenters. The third-order valence-corrected chi connectivity index (χ3v) is 6.46. The topological polar surface area (TPSA) is 88.5 Å². The number of rotatable bonds is 3. The molecule has 0 heterocycles. The molecule has 0 saturated heterocycles. The van der Waals surface area contributed by atoms with Gasteiger partial charge in [0.25, 0.3) is 0 Å². The number of ketones is 2. The molecule has 0 aromatic rings. The second kappa shape index (κ2) is 7.12. The average Bonchev–Trinajstić information content (AvgIpc) is 2.51. The number of hydrogen-bond acceptors (Lipinski definition) is 5. The summed E-state index contributed by atoms with van der Waals surface area (Å²) in [6.45, 7) is 9.08. The van der Waals surface area contributed by atoms with Crippen LogP contribution in [0.1, 0.15) is 53.9 Å². The Bertz CT molecular complexity index is 873. The average molecular weight is 364 g/mol. The van der Waals surface area contributed by atoms with Gasteiger partial charge in [0.05, 0.1) is 10.4 Å². The van der Waals surface area contributed by atoms with Crippen molar-refractivity contribution >= 4 is 26.7 Å². The van der Waals surface area contributed by atoms with Gasteiger partial charge in [0, 0.05) is 25.2 Å². The van der Waals surface area contributed by atoms with E-state index in [-0.39, 0.29) is 54.0 Å².